The molecule has 2 atom stereocenters. The molecule has 2 aliphatic rings. The molecule has 1 amide bonds. The van der Waals surface area contributed by atoms with Crippen molar-refractivity contribution in [3.8, 4) is 0 Å². The molecule has 0 spiro atoms. The number of carbonyl (C=O) groups is 1. The van der Waals surface area contributed by atoms with Gasteiger partial charge < -0.3 is 9.47 Å². The van der Waals surface area contributed by atoms with Crippen LogP contribution in [0, 0.1) is 5.95 Å². The minimum atomic E-state index is -0.500. The Labute approximate surface area is 151 Å². The van der Waals surface area contributed by atoms with Gasteiger partial charge in [-0.25, -0.2) is 9.78 Å². The van der Waals surface area contributed by atoms with Gasteiger partial charge in [0.1, 0.15) is 6.61 Å². The van der Waals surface area contributed by atoms with Crippen LogP contribution in [0.1, 0.15) is 17.5 Å². The fourth-order valence-corrected chi connectivity index (χ4v) is 3.45. The Morgan fingerprint density at radius 1 is 1.23 bits per heavy atom. The van der Waals surface area contributed by atoms with Crippen molar-refractivity contribution >= 4 is 11.7 Å². The maximum absolute atomic E-state index is 13.1. The van der Waals surface area contributed by atoms with E-state index in [1.807, 2.05) is 36.4 Å². The van der Waals surface area contributed by atoms with Crippen LogP contribution in [0.15, 0.2) is 54.7 Å². The van der Waals surface area contributed by atoms with Gasteiger partial charge in [-0.05, 0) is 35.3 Å². The van der Waals surface area contributed by atoms with Crippen LogP contribution in [-0.4, -0.2) is 41.3 Å². The highest BCUT2D eigenvalue weighted by Gasteiger charge is 2.39. The second kappa shape index (κ2) is 7.25. The second-order valence-electron chi connectivity index (χ2n) is 6.47. The number of carbonyl (C=O) groups excluding carboxylic acids is 1. The molecule has 6 heteroatoms. The quantitative estimate of drug-likeness (QED) is 0.793. The molecule has 2 aliphatic heterocycles. The van der Waals surface area contributed by atoms with Gasteiger partial charge in [0, 0.05) is 6.20 Å². The van der Waals surface area contributed by atoms with Crippen molar-refractivity contribution in [3.05, 3.63) is 71.8 Å². The second-order valence-corrected chi connectivity index (χ2v) is 6.47. The van der Waals surface area contributed by atoms with E-state index in [-0.39, 0.29) is 24.8 Å². The number of rotatable bonds is 3. The van der Waals surface area contributed by atoms with E-state index in [4.69, 9.17) is 9.47 Å². The SMILES string of the molecule is O=C(OCc1ccccc1)N1C2C=C(c3ccc(F)nc3)CC1COC2. The van der Waals surface area contributed by atoms with Crippen LogP contribution < -0.4 is 0 Å². The van der Waals surface area contributed by atoms with E-state index in [2.05, 4.69) is 4.98 Å². The topological polar surface area (TPSA) is 51.7 Å². The van der Waals surface area contributed by atoms with Crippen LogP contribution in [0.3, 0.4) is 0 Å². The smallest absolute Gasteiger partial charge is 0.411 e. The van der Waals surface area contributed by atoms with Gasteiger partial charge in [0.15, 0.2) is 0 Å². The van der Waals surface area contributed by atoms with Crippen LogP contribution in [0.2, 0.25) is 0 Å². The predicted molar refractivity (Wildman–Crippen MR) is 93.7 cm³/mol. The number of pyridine rings is 1. The van der Waals surface area contributed by atoms with Crippen molar-refractivity contribution in [1.82, 2.24) is 9.88 Å². The van der Waals surface area contributed by atoms with Crippen molar-refractivity contribution in [3.63, 3.8) is 0 Å². The van der Waals surface area contributed by atoms with Crippen molar-refractivity contribution in [2.24, 2.45) is 0 Å². The Bertz CT molecular complexity index is 808. The van der Waals surface area contributed by atoms with E-state index in [0.717, 1.165) is 16.7 Å². The highest BCUT2D eigenvalue weighted by Crippen LogP contribution is 2.32. The molecule has 0 N–H and O–H groups in total. The highest BCUT2D eigenvalue weighted by atomic mass is 19.1. The molecular formula is C20H19FN2O3. The first-order chi connectivity index (χ1) is 12.7. The van der Waals surface area contributed by atoms with Gasteiger partial charge in [-0.2, -0.15) is 4.39 Å². The van der Waals surface area contributed by atoms with E-state index >= 15 is 0 Å². The lowest BCUT2D eigenvalue weighted by Crippen LogP contribution is -2.56. The predicted octanol–water partition coefficient (Wildman–Crippen LogP) is 3.41. The summed E-state index contributed by atoms with van der Waals surface area (Å²) < 4.78 is 24.2. The molecule has 1 aromatic carbocycles. The van der Waals surface area contributed by atoms with E-state index in [9.17, 15) is 9.18 Å². The van der Waals surface area contributed by atoms with Crippen molar-refractivity contribution in [2.45, 2.75) is 25.1 Å². The monoisotopic (exact) mass is 354 g/mol. The first-order valence-electron chi connectivity index (χ1n) is 8.60. The molecule has 0 aliphatic carbocycles. The number of fused-ring (bicyclic) bond motifs is 2. The minimum absolute atomic E-state index is 0.0953. The van der Waals surface area contributed by atoms with E-state index in [0.29, 0.717) is 19.6 Å². The van der Waals surface area contributed by atoms with E-state index in [1.165, 1.54) is 12.3 Å². The molecule has 1 saturated heterocycles. The third kappa shape index (κ3) is 3.46. The summed E-state index contributed by atoms with van der Waals surface area (Å²) in [5, 5.41) is 0. The third-order valence-corrected chi connectivity index (χ3v) is 4.71. The standard InChI is InChI=1S/C20H19FN2O3/c21-19-7-6-15(10-22-19)16-8-17-12-25-13-18(9-16)23(17)20(24)26-11-14-4-2-1-3-5-14/h1-8,10,17-18H,9,11-13H2. The number of amides is 1. The van der Waals surface area contributed by atoms with Gasteiger partial charge in [-0.15, -0.1) is 0 Å². The number of nitrogens with zero attached hydrogens (tertiary/aromatic N) is 2. The molecule has 0 saturated carbocycles. The average Bonchev–Trinajstić information content (AvgIpc) is 2.66. The molecular weight excluding hydrogens is 335 g/mol. The number of morpholine rings is 1. The number of hydrogen-bond acceptors (Lipinski definition) is 4. The molecule has 134 valence electrons. The summed E-state index contributed by atoms with van der Waals surface area (Å²) in [6.07, 6.45) is 3.82. The molecule has 2 aromatic rings. The fraction of sp³-hybridized carbons (Fsp3) is 0.300. The van der Waals surface area contributed by atoms with Crippen LogP contribution in [-0.2, 0) is 16.1 Å². The van der Waals surface area contributed by atoms with Crippen LogP contribution >= 0.6 is 0 Å². The lowest BCUT2D eigenvalue weighted by molar-refractivity contribution is -0.0342. The van der Waals surface area contributed by atoms with Gasteiger partial charge in [0.25, 0.3) is 0 Å². The molecule has 2 bridgehead atoms. The molecule has 1 aromatic heterocycles. The van der Waals surface area contributed by atoms with E-state index < -0.39 is 5.95 Å². The summed E-state index contributed by atoms with van der Waals surface area (Å²) >= 11 is 0. The lowest BCUT2D eigenvalue weighted by Gasteiger charge is -2.43. The number of benzene rings is 1. The molecule has 4 rings (SSSR count). The molecule has 26 heavy (non-hydrogen) atoms. The molecule has 1 fully saturated rings. The highest BCUT2D eigenvalue weighted by molar-refractivity contribution is 5.74. The van der Waals surface area contributed by atoms with Crippen LogP contribution in [0.4, 0.5) is 9.18 Å². The largest absolute Gasteiger partial charge is 0.445 e. The van der Waals surface area contributed by atoms with Crippen molar-refractivity contribution < 1.29 is 18.7 Å². The molecule has 3 heterocycles. The zero-order valence-electron chi connectivity index (χ0n) is 14.2. The Morgan fingerprint density at radius 3 is 2.81 bits per heavy atom. The summed E-state index contributed by atoms with van der Waals surface area (Å²) in [5.41, 5.74) is 2.89. The zero-order chi connectivity index (χ0) is 17.9. The number of ether oxygens (including phenoxy) is 2. The maximum atomic E-state index is 13.1. The Morgan fingerprint density at radius 2 is 2.08 bits per heavy atom. The summed E-state index contributed by atoms with van der Waals surface area (Å²) in [4.78, 5) is 18.1. The zero-order valence-corrected chi connectivity index (χ0v) is 14.2. The van der Waals surface area contributed by atoms with Crippen molar-refractivity contribution in [1.29, 1.82) is 0 Å². The summed E-state index contributed by atoms with van der Waals surface area (Å²) in [6, 6.07) is 12.4. The van der Waals surface area contributed by atoms with Crippen LogP contribution in [0.5, 0.6) is 0 Å². The Kier molecular flexibility index (Phi) is 4.67. The minimum Gasteiger partial charge on any atom is -0.445 e. The summed E-state index contributed by atoms with van der Waals surface area (Å²) in [6.45, 7) is 1.13. The van der Waals surface area contributed by atoms with Crippen LogP contribution in [0.25, 0.3) is 5.57 Å². The molecule has 2 unspecified atom stereocenters. The average molecular weight is 354 g/mol. The molecule has 0 radical (unpaired) electrons. The first kappa shape index (κ1) is 16.7. The summed E-state index contributed by atoms with van der Waals surface area (Å²) in [7, 11) is 0. The maximum Gasteiger partial charge on any atom is 0.411 e. The van der Waals surface area contributed by atoms with Gasteiger partial charge in [-0.1, -0.05) is 36.4 Å². The number of aromatic nitrogens is 1. The van der Waals surface area contributed by atoms with Gasteiger partial charge >= 0.3 is 6.09 Å². The molecule has 5 nitrogen and oxygen atoms in total. The normalized spacial score (nSPS) is 21.9. The number of hydrogen-bond donors (Lipinski definition) is 0. The third-order valence-electron chi connectivity index (χ3n) is 4.71. The summed E-state index contributed by atoms with van der Waals surface area (Å²) in [5.74, 6) is -0.500. The Hall–Kier alpha value is -2.73. The van der Waals surface area contributed by atoms with E-state index in [1.54, 1.807) is 11.0 Å². The van der Waals surface area contributed by atoms with Crippen molar-refractivity contribution in [2.75, 3.05) is 13.2 Å². The van der Waals surface area contributed by atoms with Gasteiger partial charge in [0.2, 0.25) is 5.95 Å². The Balaban J connectivity index is 1.49. The number of halogens is 1. The first-order valence-corrected chi connectivity index (χ1v) is 8.60. The van der Waals surface area contributed by atoms with Gasteiger partial charge in [0.05, 0.1) is 25.3 Å². The lowest BCUT2D eigenvalue weighted by atomic mass is 9.91. The fourth-order valence-electron chi connectivity index (χ4n) is 3.45. The van der Waals surface area contributed by atoms with Gasteiger partial charge in [-0.3, -0.25) is 4.90 Å².